The Bertz CT molecular complexity index is 4210. The number of hydrogen-bond donors (Lipinski definition) is 1. The fraction of sp³-hybridized carbons (Fsp3) is 0.224. The average Bonchev–Trinajstić information content (AvgIpc) is 2.01. The van der Waals surface area contributed by atoms with Gasteiger partial charge in [0, 0.05) is 44.8 Å². The Hall–Kier alpha value is -6.47. The zero-order valence-corrected chi connectivity index (χ0v) is 55.0. The first-order chi connectivity index (χ1) is 40.6. The molecule has 9 aromatic rings. The van der Waals surface area contributed by atoms with E-state index in [4.69, 9.17) is 37.4 Å². The third kappa shape index (κ3) is 14.9. The molecule has 0 bridgehead atoms. The number of aromatic nitrogens is 6. The van der Waals surface area contributed by atoms with Crippen molar-refractivity contribution in [2.45, 2.75) is 61.0 Å². The number of benzene rings is 5. The zero-order valence-electron chi connectivity index (χ0n) is 45.7. The zero-order chi connectivity index (χ0) is 61.4. The van der Waals surface area contributed by atoms with Crippen LogP contribution < -0.4 is 34.4 Å². The van der Waals surface area contributed by atoms with E-state index in [-0.39, 0.29) is 68.7 Å². The van der Waals surface area contributed by atoms with E-state index in [0.717, 1.165) is 11.5 Å². The van der Waals surface area contributed by atoms with Crippen molar-refractivity contribution in [3.63, 3.8) is 0 Å². The van der Waals surface area contributed by atoms with Gasteiger partial charge in [-0.25, -0.2) is 21.1 Å². The Morgan fingerprint density at radius 3 is 1.75 bits per heavy atom. The van der Waals surface area contributed by atoms with Crippen LogP contribution in [0.15, 0.2) is 170 Å². The topological polar surface area (TPSA) is 207 Å². The van der Waals surface area contributed by atoms with Crippen LogP contribution in [0.5, 0.6) is 17.2 Å². The number of fused-ring (bicyclic) bond motifs is 2. The van der Waals surface area contributed by atoms with Crippen molar-refractivity contribution < 1.29 is 60.6 Å². The quantitative estimate of drug-likeness (QED) is 0.0795. The van der Waals surface area contributed by atoms with Crippen LogP contribution in [-0.4, -0.2) is 73.9 Å². The minimum absolute atomic E-state index is 0.0111. The van der Waals surface area contributed by atoms with E-state index in [2.05, 4.69) is 68.0 Å². The number of alkyl halides is 3. The van der Waals surface area contributed by atoms with E-state index < -0.39 is 37.7 Å². The van der Waals surface area contributed by atoms with Gasteiger partial charge in [-0.1, -0.05) is 48.2 Å². The van der Waals surface area contributed by atoms with Gasteiger partial charge in [-0.05, 0) is 155 Å². The van der Waals surface area contributed by atoms with Crippen LogP contribution >= 0.6 is 52.8 Å². The normalized spacial score (nSPS) is 14.9. The summed E-state index contributed by atoms with van der Waals surface area (Å²) < 4.78 is 116. The van der Waals surface area contributed by atoms with Gasteiger partial charge >= 0.3 is 36.1 Å². The van der Waals surface area contributed by atoms with Gasteiger partial charge in [0.15, 0.2) is 11.6 Å². The van der Waals surface area contributed by atoms with Gasteiger partial charge in [0.1, 0.15) is 17.2 Å². The molecule has 17 nitrogen and oxygen atoms in total. The number of rotatable bonds is 14. The number of nitrogens with zero attached hydrogens (tertiary/aromatic N) is 7. The molecule has 0 saturated heterocycles. The van der Waals surface area contributed by atoms with Crippen LogP contribution in [0.1, 0.15) is 49.7 Å². The number of anilines is 2. The molecule has 4 heterocycles. The van der Waals surface area contributed by atoms with Gasteiger partial charge < -0.3 is 20.6 Å². The SMILES string of the molecule is CC1C[CH-]C1.COc1cc(C2CC(C(F)(F)F)C2)c(Cl)cc1-n1c(=O)ccc2cc(S(=O)(=O)Nc3cccnn3)ccc21.COc1ccc(CN(c2cccnn2)S(=O)(=O)c2ccc3c(ccc(=O)n3-c3cc(Cl)c(Br)cc3OC)c2)cc1.[Zn+][Br]. The Morgan fingerprint density at radius 2 is 1.25 bits per heavy atom. The van der Waals surface area contributed by atoms with Crippen LogP contribution in [0, 0.1) is 18.3 Å². The second kappa shape index (κ2) is 27.9. The molecule has 85 heavy (non-hydrogen) atoms. The van der Waals surface area contributed by atoms with Crippen molar-refractivity contribution in [3.05, 3.63) is 199 Å². The van der Waals surface area contributed by atoms with E-state index in [9.17, 15) is 39.6 Å². The predicted molar refractivity (Wildman–Crippen MR) is 324 cm³/mol. The first-order valence-corrected chi connectivity index (χ1v) is 37.1. The molecule has 0 radical (unpaired) electrons. The Balaban J connectivity index is 0.000000199. The van der Waals surface area contributed by atoms with Crippen molar-refractivity contribution in [2.75, 3.05) is 30.4 Å². The van der Waals surface area contributed by atoms with Crippen molar-refractivity contribution >= 4 is 106 Å². The molecule has 2 saturated carbocycles. The molecule has 0 atom stereocenters. The summed E-state index contributed by atoms with van der Waals surface area (Å²) in [5.41, 5.74) is 2.02. The molecule has 2 aliphatic carbocycles. The Kier molecular flexibility index (Phi) is 21.2. The minimum atomic E-state index is -4.25. The third-order valence-corrected chi connectivity index (χ3v) is 18.5. The van der Waals surface area contributed by atoms with Crippen molar-refractivity contribution in [1.29, 1.82) is 0 Å². The molecule has 0 aliphatic heterocycles. The van der Waals surface area contributed by atoms with Crippen LogP contribution in [0.2, 0.25) is 10.0 Å². The molecular formula is C58H51Br2Cl2F3N8O9S2Zn. The second-order valence-electron chi connectivity index (χ2n) is 19.4. The van der Waals surface area contributed by atoms with E-state index in [1.54, 1.807) is 73.8 Å². The average molecular weight is 1420 g/mol. The number of sulfonamides is 2. The Labute approximate surface area is 522 Å². The molecule has 2 fully saturated rings. The second-order valence-corrected chi connectivity index (χ2v) is 24.6. The molecule has 0 spiro atoms. The van der Waals surface area contributed by atoms with E-state index in [1.807, 2.05) is 0 Å². The fourth-order valence-electron chi connectivity index (χ4n) is 9.27. The van der Waals surface area contributed by atoms with Gasteiger partial charge in [0.05, 0.1) is 71.0 Å². The van der Waals surface area contributed by atoms with Gasteiger partial charge in [0.25, 0.3) is 31.2 Å². The third-order valence-electron chi connectivity index (χ3n) is 13.9. The maximum absolute atomic E-state index is 14.0. The Morgan fingerprint density at radius 1 is 0.706 bits per heavy atom. The summed E-state index contributed by atoms with van der Waals surface area (Å²) in [4.78, 5) is 25.9. The van der Waals surface area contributed by atoms with Crippen LogP contribution in [-0.2, 0) is 42.9 Å². The summed E-state index contributed by atoms with van der Waals surface area (Å²) in [5.74, 6) is 0.783. The monoisotopic (exact) mass is 1420 g/mol. The van der Waals surface area contributed by atoms with Crippen LogP contribution in [0.3, 0.4) is 0 Å². The van der Waals surface area contributed by atoms with Crippen molar-refractivity contribution in [1.82, 2.24) is 29.5 Å². The molecule has 0 amide bonds. The number of nitrogens with one attached hydrogen (secondary N) is 1. The summed E-state index contributed by atoms with van der Waals surface area (Å²) in [5, 5.41) is 16.8. The molecule has 27 heteroatoms. The molecule has 1 N–H and O–H groups in total. The number of halogens is 7. The van der Waals surface area contributed by atoms with Gasteiger partial charge in [-0.3, -0.25) is 23.4 Å². The van der Waals surface area contributed by atoms with Crippen molar-refractivity contribution in [3.8, 4) is 28.6 Å². The summed E-state index contributed by atoms with van der Waals surface area (Å²) >= 11 is 20.4. The first-order valence-electron chi connectivity index (χ1n) is 25.7. The molecule has 11 rings (SSSR count). The van der Waals surface area contributed by atoms with E-state index in [1.165, 1.54) is 136 Å². The number of ether oxygens (including phenoxy) is 3. The number of pyridine rings is 2. The maximum atomic E-state index is 14.0. The summed E-state index contributed by atoms with van der Waals surface area (Å²) in [7, 11) is -3.68. The predicted octanol–water partition coefficient (Wildman–Crippen LogP) is 13.4. The number of methoxy groups -OCH3 is 3. The van der Waals surface area contributed by atoms with Crippen molar-refractivity contribution in [2.24, 2.45) is 11.8 Å². The van der Waals surface area contributed by atoms with E-state index in [0.29, 0.717) is 54.1 Å². The molecular weight excluding hydrogens is 1370 g/mol. The fourth-order valence-corrected chi connectivity index (χ4v) is 12.5. The molecule has 440 valence electrons. The molecule has 5 aromatic carbocycles. The number of hydrogen-bond acceptors (Lipinski definition) is 13. The molecule has 2 aliphatic rings. The first kappa shape index (κ1) is 64.5. The standard InChI is InChI=1S/C28H22BrClN4O5S.C25H20ClF3N4O4S.C5H9.BrH.Zn/c1-38-20-8-5-18(6-9-20)17-33(27-4-3-13-31-32-27)40(36,37)21-10-11-24-19(14-21)7-12-28(35)34(24)25-16-23(30)22(29)15-26(25)39-2;1-37-22-12-18(15-9-16(10-15)25(27,28)29)19(26)13-21(22)33-20-6-5-17(11-14(20)4-7-24(33)34)38(35,36)32-23-3-2-8-30-31-23;1-5-3-2-4-5;;/h3-16H,17H2,1-2H3;2-8,11-13,15-16H,9-10H2,1H3,(H,31,32);2,5H,3-4H2,1H3;1H;/q;;-1;;+2/p-1. The van der Waals surface area contributed by atoms with Gasteiger partial charge in [-0.15, -0.1) is 10.2 Å². The van der Waals surface area contributed by atoms with Gasteiger partial charge in [-0.2, -0.15) is 36.2 Å². The van der Waals surface area contributed by atoms with Gasteiger partial charge in [0.2, 0.25) is 0 Å². The summed E-state index contributed by atoms with van der Waals surface area (Å²) in [6.07, 6.45) is 3.54. The summed E-state index contributed by atoms with van der Waals surface area (Å²) in [6.45, 7) is 2.29. The molecule has 4 aromatic heterocycles. The van der Waals surface area contributed by atoms with Crippen LogP contribution in [0.25, 0.3) is 33.2 Å². The van der Waals surface area contributed by atoms with E-state index >= 15 is 0 Å². The summed E-state index contributed by atoms with van der Waals surface area (Å²) in [6, 6.07) is 34.1. The molecule has 0 unspecified atom stereocenters. The van der Waals surface area contributed by atoms with Crippen LogP contribution in [0.4, 0.5) is 24.8 Å².